The summed E-state index contributed by atoms with van der Waals surface area (Å²) in [6.07, 6.45) is -4.62. The maximum absolute atomic E-state index is 12.6. The van der Waals surface area contributed by atoms with Gasteiger partial charge in [0.2, 0.25) is 0 Å². The fraction of sp³-hybridized carbons (Fsp3) is 0.667. The van der Waals surface area contributed by atoms with Crippen molar-refractivity contribution in [3.63, 3.8) is 0 Å². The predicted molar refractivity (Wildman–Crippen MR) is 76.2 cm³/mol. The van der Waals surface area contributed by atoms with Crippen LogP contribution >= 0.6 is 22.9 Å². The maximum atomic E-state index is 12.6. The van der Waals surface area contributed by atoms with Gasteiger partial charge >= 0.3 is 6.18 Å². The van der Waals surface area contributed by atoms with Gasteiger partial charge in [-0.3, -0.25) is 0 Å². The van der Waals surface area contributed by atoms with Gasteiger partial charge in [-0.15, -0.1) is 22.9 Å². The number of piperidine rings is 1. The highest BCUT2D eigenvalue weighted by molar-refractivity contribution is 7.91. The van der Waals surface area contributed by atoms with E-state index in [9.17, 15) is 21.6 Å². The lowest BCUT2D eigenvalue weighted by molar-refractivity contribution is -0.182. The summed E-state index contributed by atoms with van der Waals surface area (Å²) in [6.45, 7) is 1.57. The van der Waals surface area contributed by atoms with Crippen molar-refractivity contribution in [2.45, 2.75) is 36.0 Å². The highest BCUT2D eigenvalue weighted by Crippen LogP contribution is 2.36. The van der Waals surface area contributed by atoms with Crippen LogP contribution in [0.15, 0.2) is 10.3 Å². The zero-order valence-electron chi connectivity index (χ0n) is 11.3. The van der Waals surface area contributed by atoms with Crippen molar-refractivity contribution in [2.24, 2.45) is 5.92 Å². The van der Waals surface area contributed by atoms with Crippen molar-refractivity contribution < 1.29 is 21.6 Å². The fourth-order valence-electron chi connectivity index (χ4n) is 2.30. The quantitative estimate of drug-likeness (QED) is 0.769. The molecule has 3 nitrogen and oxygen atoms in total. The Bertz CT molecular complexity index is 605. The first-order valence-corrected chi connectivity index (χ1v) is 9.17. The topological polar surface area (TPSA) is 37.4 Å². The van der Waals surface area contributed by atoms with Crippen molar-refractivity contribution >= 4 is 33.0 Å². The number of sulfonamides is 1. The van der Waals surface area contributed by atoms with Crippen molar-refractivity contribution in [3.05, 3.63) is 16.5 Å². The summed E-state index contributed by atoms with van der Waals surface area (Å²) in [4.78, 5) is 0.764. The van der Waals surface area contributed by atoms with E-state index >= 15 is 0 Å². The molecule has 0 bridgehead atoms. The Balaban J connectivity index is 2.15. The summed E-state index contributed by atoms with van der Waals surface area (Å²) in [7, 11) is -3.72. The average Bonchev–Trinajstić information content (AvgIpc) is 2.80. The summed E-state index contributed by atoms with van der Waals surface area (Å²) < 4.78 is 64.0. The number of aryl methyl sites for hydroxylation is 1. The van der Waals surface area contributed by atoms with Gasteiger partial charge in [-0.25, -0.2) is 8.42 Å². The van der Waals surface area contributed by atoms with Crippen LogP contribution in [0, 0.1) is 12.8 Å². The molecule has 0 unspecified atom stereocenters. The van der Waals surface area contributed by atoms with Crippen LogP contribution in [0.2, 0.25) is 0 Å². The van der Waals surface area contributed by atoms with Gasteiger partial charge in [0.25, 0.3) is 10.0 Å². The molecular weight excluding hydrogens is 347 g/mol. The Morgan fingerprint density at radius 2 is 1.95 bits per heavy atom. The monoisotopic (exact) mass is 361 g/mol. The summed E-state index contributed by atoms with van der Waals surface area (Å²) in [5.74, 6) is -1.19. The molecular formula is C12H15ClF3NO2S2. The van der Waals surface area contributed by atoms with Gasteiger partial charge in [0.15, 0.2) is 0 Å². The van der Waals surface area contributed by atoms with E-state index in [-0.39, 0.29) is 36.0 Å². The molecule has 0 aliphatic carbocycles. The van der Waals surface area contributed by atoms with E-state index in [1.165, 1.54) is 6.07 Å². The van der Waals surface area contributed by atoms with Gasteiger partial charge in [0.05, 0.1) is 11.8 Å². The SMILES string of the molecule is Cc1cc(S(=O)(=O)N2CCC(C(F)(F)F)CC2)sc1CCl. The van der Waals surface area contributed by atoms with Crippen molar-refractivity contribution in [3.8, 4) is 0 Å². The van der Waals surface area contributed by atoms with E-state index < -0.39 is 22.1 Å². The van der Waals surface area contributed by atoms with Gasteiger partial charge in [0.1, 0.15) is 4.21 Å². The van der Waals surface area contributed by atoms with Crippen LogP contribution in [0.25, 0.3) is 0 Å². The number of nitrogens with zero attached hydrogens (tertiary/aromatic N) is 1. The summed E-state index contributed by atoms with van der Waals surface area (Å²) in [6, 6.07) is 1.54. The fourth-order valence-corrected chi connectivity index (χ4v) is 5.74. The summed E-state index contributed by atoms with van der Waals surface area (Å²) in [5, 5.41) is 0. The third-order valence-corrected chi connectivity index (χ3v) is 7.64. The van der Waals surface area contributed by atoms with Gasteiger partial charge in [-0.1, -0.05) is 0 Å². The molecule has 120 valence electrons. The zero-order chi connectivity index (χ0) is 15.8. The van der Waals surface area contributed by atoms with Crippen LogP contribution in [-0.4, -0.2) is 32.0 Å². The van der Waals surface area contributed by atoms with E-state index in [1.807, 2.05) is 0 Å². The van der Waals surface area contributed by atoms with Crippen LogP contribution in [0.3, 0.4) is 0 Å². The van der Waals surface area contributed by atoms with Crippen LogP contribution in [0.1, 0.15) is 23.3 Å². The lowest BCUT2D eigenvalue weighted by Gasteiger charge is -2.31. The molecule has 9 heteroatoms. The first kappa shape index (κ1) is 17.1. The molecule has 0 amide bonds. The number of rotatable bonds is 3. The second kappa shape index (κ2) is 6.06. The Kier molecular flexibility index (Phi) is 4.92. The molecule has 1 saturated heterocycles. The highest BCUT2D eigenvalue weighted by atomic mass is 35.5. The number of thiophene rings is 1. The van der Waals surface area contributed by atoms with Gasteiger partial charge in [-0.05, 0) is 31.4 Å². The van der Waals surface area contributed by atoms with Crippen molar-refractivity contribution in [1.82, 2.24) is 4.31 Å². The minimum atomic E-state index is -4.25. The van der Waals surface area contributed by atoms with E-state index in [0.29, 0.717) is 0 Å². The highest BCUT2D eigenvalue weighted by Gasteiger charge is 2.43. The number of hydrogen-bond donors (Lipinski definition) is 0. The predicted octanol–water partition coefficient (Wildman–Crippen LogP) is 3.76. The van der Waals surface area contributed by atoms with Crippen molar-refractivity contribution in [2.75, 3.05) is 13.1 Å². The third kappa shape index (κ3) is 3.55. The van der Waals surface area contributed by atoms with E-state index in [4.69, 9.17) is 11.6 Å². The Labute approximate surface area is 130 Å². The molecule has 0 radical (unpaired) electrons. The summed E-state index contributed by atoms with van der Waals surface area (Å²) >= 11 is 6.81. The molecule has 2 rings (SSSR count). The molecule has 1 aliphatic heterocycles. The number of hydrogen-bond acceptors (Lipinski definition) is 3. The molecule has 0 N–H and O–H groups in total. The third-order valence-electron chi connectivity index (χ3n) is 3.63. The lowest BCUT2D eigenvalue weighted by atomic mass is 9.98. The van der Waals surface area contributed by atoms with Gasteiger partial charge in [-0.2, -0.15) is 17.5 Å². The van der Waals surface area contributed by atoms with Gasteiger partial charge in [0, 0.05) is 18.0 Å². The molecule has 21 heavy (non-hydrogen) atoms. The minimum Gasteiger partial charge on any atom is -0.206 e. The van der Waals surface area contributed by atoms with Gasteiger partial charge < -0.3 is 0 Å². The average molecular weight is 362 g/mol. The Morgan fingerprint density at radius 1 is 1.38 bits per heavy atom. The zero-order valence-corrected chi connectivity index (χ0v) is 13.7. The minimum absolute atomic E-state index is 0.0976. The standard InChI is InChI=1S/C12H15ClF3NO2S2/c1-8-6-11(20-10(8)7-13)21(18,19)17-4-2-9(3-5-17)12(14,15)16/h6,9H,2-5,7H2,1H3. The van der Waals surface area contributed by atoms with E-state index in [0.717, 1.165) is 26.1 Å². The molecule has 0 spiro atoms. The van der Waals surface area contributed by atoms with Crippen LogP contribution in [0.5, 0.6) is 0 Å². The first-order chi connectivity index (χ1) is 9.66. The molecule has 0 saturated carbocycles. The van der Waals surface area contributed by atoms with Crippen LogP contribution in [0.4, 0.5) is 13.2 Å². The molecule has 0 aromatic carbocycles. The molecule has 0 atom stereocenters. The normalized spacial score (nSPS) is 19.1. The molecule has 1 aromatic heterocycles. The molecule has 1 fully saturated rings. The number of alkyl halides is 4. The summed E-state index contributed by atoms with van der Waals surface area (Å²) in [5.41, 5.74) is 0.791. The van der Waals surface area contributed by atoms with E-state index in [2.05, 4.69) is 0 Å². The first-order valence-electron chi connectivity index (χ1n) is 6.38. The smallest absolute Gasteiger partial charge is 0.206 e. The lowest BCUT2D eigenvalue weighted by Crippen LogP contribution is -2.41. The second-order valence-corrected chi connectivity index (χ2v) is 8.59. The molecule has 1 aliphatic rings. The maximum Gasteiger partial charge on any atom is 0.391 e. The van der Waals surface area contributed by atoms with E-state index in [1.54, 1.807) is 6.92 Å². The second-order valence-electron chi connectivity index (χ2n) is 5.03. The van der Waals surface area contributed by atoms with Crippen molar-refractivity contribution in [1.29, 1.82) is 0 Å². The molecule has 1 aromatic rings. The molecule has 2 heterocycles. The van der Waals surface area contributed by atoms with Crippen LogP contribution in [-0.2, 0) is 15.9 Å². The van der Waals surface area contributed by atoms with Crippen LogP contribution < -0.4 is 0 Å². The largest absolute Gasteiger partial charge is 0.391 e. The number of halogens is 4. The Morgan fingerprint density at radius 3 is 2.38 bits per heavy atom. The Hall–Kier alpha value is -0.310.